The Balaban J connectivity index is 2.32. The molecule has 0 spiro atoms. The lowest BCUT2D eigenvalue weighted by molar-refractivity contribution is -0.149. The number of halogens is 1. The molecule has 0 aromatic heterocycles. The van der Waals surface area contributed by atoms with E-state index in [1.807, 2.05) is 32.0 Å². The minimum Gasteiger partial charge on any atom is -0.461 e. The number of rotatable bonds is 7. The van der Waals surface area contributed by atoms with Crippen LogP contribution in [0.3, 0.4) is 0 Å². The van der Waals surface area contributed by atoms with E-state index in [9.17, 15) is 4.79 Å². The van der Waals surface area contributed by atoms with Crippen LogP contribution in [-0.2, 0) is 16.1 Å². The van der Waals surface area contributed by atoms with Gasteiger partial charge in [-0.05, 0) is 25.8 Å². The molecule has 4 heteroatoms. The lowest BCUT2D eigenvalue weighted by Gasteiger charge is -2.12. The van der Waals surface area contributed by atoms with Gasteiger partial charge in [0.2, 0.25) is 0 Å². The summed E-state index contributed by atoms with van der Waals surface area (Å²) in [7, 11) is 0. The van der Waals surface area contributed by atoms with Crippen LogP contribution in [0.2, 0.25) is 5.02 Å². The minimum absolute atomic E-state index is 0.0961. The van der Waals surface area contributed by atoms with Crippen LogP contribution in [0.1, 0.15) is 38.7 Å². The molecule has 2 unspecified atom stereocenters. The number of ether oxygens (including phenoxy) is 1. The first-order chi connectivity index (χ1) is 9.00. The standard InChI is InChI=1S/C15H22ClNO2/c1-11(6-5-7-12(2)17)15(18)19-10-13-8-3-4-9-14(13)16/h3-4,8-9,11-12H,5-7,10,17H2,1-2H3. The Hall–Kier alpha value is -1.06. The second-order valence-corrected chi connectivity index (χ2v) is 5.42. The second-order valence-electron chi connectivity index (χ2n) is 5.01. The summed E-state index contributed by atoms with van der Waals surface area (Å²) in [6, 6.07) is 7.56. The van der Waals surface area contributed by atoms with Gasteiger partial charge in [-0.15, -0.1) is 0 Å². The first kappa shape index (κ1) is 16.0. The Morgan fingerprint density at radius 3 is 2.63 bits per heavy atom. The van der Waals surface area contributed by atoms with Gasteiger partial charge in [0, 0.05) is 16.6 Å². The van der Waals surface area contributed by atoms with Crippen molar-refractivity contribution >= 4 is 17.6 Å². The maximum absolute atomic E-state index is 11.8. The maximum Gasteiger partial charge on any atom is 0.308 e. The summed E-state index contributed by atoms with van der Waals surface area (Å²) in [4.78, 5) is 11.8. The predicted molar refractivity (Wildman–Crippen MR) is 77.9 cm³/mol. The zero-order valence-electron chi connectivity index (χ0n) is 11.6. The molecular weight excluding hydrogens is 262 g/mol. The van der Waals surface area contributed by atoms with E-state index in [0.717, 1.165) is 24.8 Å². The van der Waals surface area contributed by atoms with Crippen molar-refractivity contribution in [3.63, 3.8) is 0 Å². The first-order valence-electron chi connectivity index (χ1n) is 6.66. The third-order valence-electron chi connectivity index (χ3n) is 3.03. The van der Waals surface area contributed by atoms with E-state index in [4.69, 9.17) is 22.1 Å². The van der Waals surface area contributed by atoms with Gasteiger partial charge in [0.05, 0.1) is 5.92 Å². The molecule has 0 aliphatic rings. The van der Waals surface area contributed by atoms with Gasteiger partial charge in [-0.3, -0.25) is 4.79 Å². The molecule has 19 heavy (non-hydrogen) atoms. The molecule has 0 saturated carbocycles. The smallest absolute Gasteiger partial charge is 0.308 e. The van der Waals surface area contributed by atoms with Crippen molar-refractivity contribution in [2.24, 2.45) is 11.7 Å². The van der Waals surface area contributed by atoms with Crippen molar-refractivity contribution in [1.29, 1.82) is 0 Å². The van der Waals surface area contributed by atoms with E-state index in [1.54, 1.807) is 6.07 Å². The Morgan fingerprint density at radius 2 is 2.00 bits per heavy atom. The molecule has 2 atom stereocenters. The van der Waals surface area contributed by atoms with Crippen LogP contribution >= 0.6 is 11.6 Å². The molecule has 2 N–H and O–H groups in total. The average Bonchev–Trinajstić information content (AvgIpc) is 2.36. The van der Waals surface area contributed by atoms with Crippen molar-refractivity contribution in [2.75, 3.05) is 0 Å². The lowest BCUT2D eigenvalue weighted by atomic mass is 10.0. The van der Waals surface area contributed by atoms with Crippen LogP contribution in [0, 0.1) is 5.92 Å². The summed E-state index contributed by atoms with van der Waals surface area (Å²) in [5.41, 5.74) is 6.51. The summed E-state index contributed by atoms with van der Waals surface area (Å²) < 4.78 is 5.27. The van der Waals surface area contributed by atoms with Crippen molar-refractivity contribution < 1.29 is 9.53 Å². The Bertz CT molecular complexity index is 407. The summed E-state index contributed by atoms with van der Waals surface area (Å²) in [6.07, 6.45) is 2.69. The molecule has 0 saturated heterocycles. The fourth-order valence-corrected chi connectivity index (χ4v) is 1.96. The number of hydrogen-bond donors (Lipinski definition) is 1. The maximum atomic E-state index is 11.8. The van der Waals surface area contributed by atoms with Gasteiger partial charge in [0.25, 0.3) is 0 Å². The van der Waals surface area contributed by atoms with E-state index in [0.29, 0.717) is 5.02 Å². The van der Waals surface area contributed by atoms with Gasteiger partial charge < -0.3 is 10.5 Å². The third-order valence-corrected chi connectivity index (χ3v) is 3.40. The fourth-order valence-electron chi connectivity index (χ4n) is 1.77. The van der Waals surface area contributed by atoms with Gasteiger partial charge in [-0.25, -0.2) is 0 Å². The highest BCUT2D eigenvalue weighted by Crippen LogP contribution is 2.17. The van der Waals surface area contributed by atoms with E-state index >= 15 is 0 Å². The quantitative estimate of drug-likeness (QED) is 0.779. The number of nitrogens with two attached hydrogens (primary N) is 1. The second kappa shape index (κ2) is 8.18. The van der Waals surface area contributed by atoms with Gasteiger partial charge in [0.15, 0.2) is 0 Å². The number of benzene rings is 1. The zero-order chi connectivity index (χ0) is 14.3. The van der Waals surface area contributed by atoms with Crippen LogP contribution in [0.15, 0.2) is 24.3 Å². The monoisotopic (exact) mass is 283 g/mol. The Morgan fingerprint density at radius 1 is 1.32 bits per heavy atom. The van der Waals surface area contributed by atoms with Gasteiger partial charge in [-0.2, -0.15) is 0 Å². The number of hydrogen-bond acceptors (Lipinski definition) is 3. The SMILES string of the molecule is CC(N)CCCC(C)C(=O)OCc1ccccc1Cl. The topological polar surface area (TPSA) is 52.3 Å². The molecule has 0 radical (unpaired) electrons. The summed E-state index contributed by atoms with van der Waals surface area (Å²) in [6.45, 7) is 4.09. The van der Waals surface area contributed by atoms with Gasteiger partial charge >= 0.3 is 5.97 Å². The van der Waals surface area contributed by atoms with Crippen LogP contribution in [0.25, 0.3) is 0 Å². The van der Waals surface area contributed by atoms with Crippen molar-refractivity contribution in [3.05, 3.63) is 34.9 Å². The van der Waals surface area contributed by atoms with Crippen molar-refractivity contribution in [2.45, 2.75) is 45.8 Å². The molecule has 1 aromatic rings. The molecule has 0 aliphatic carbocycles. The third kappa shape index (κ3) is 6.08. The predicted octanol–water partition coefficient (Wildman–Crippen LogP) is 3.54. The average molecular weight is 284 g/mol. The molecule has 0 bridgehead atoms. The highest BCUT2D eigenvalue weighted by molar-refractivity contribution is 6.31. The highest BCUT2D eigenvalue weighted by atomic mass is 35.5. The number of carbonyl (C=O) groups excluding carboxylic acids is 1. The van der Waals surface area contributed by atoms with Crippen LogP contribution in [0.5, 0.6) is 0 Å². The van der Waals surface area contributed by atoms with Crippen LogP contribution < -0.4 is 5.73 Å². The molecule has 1 rings (SSSR count). The Labute approximate surface area is 120 Å². The van der Waals surface area contributed by atoms with E-state index in [1.165, 1.54) is 0 Å². The Kier molecular flexibility index (Phi) is 6.89. The van der Waals surface area contributed by atoms with E-state index < -0.39 is 0 Å². The first-order valence-corrected chi connectivity index (χ1v) is 7.04. The van der Waals surface area contributed by atoms with Crippen LogP contribution in [0.4, 0.5) is 0 Å². The number of carbonyl (C=O) groups is 1. The fraction of sp³-hybridized carbons (Fsp3) is 0.533. The molecule has 0 heterocycles. The van der Waals surface area contributed by atoms with Crippen molar-refractivity contribution in [3.8, 4) is 0 Å². The molecule has 1 aromatic carbocycles. The summed E-state index contributed by atoms with van der Waals surface area (Å²) >= 11 is 6.00. The van der Waals surface area contributed by atoms with Gasteiger partial charge in [0.1, 0.15) is 6.61 Å². The lowest BCUT2D eigenvalue weighted by Crippen LogP contribution is -2.17. The zero-order valence-corrected chi connectivity index (χ0v) is 12.3. The van der Waals surface area contributed by atoms with E-state index in [2.05, 4.69) is 0 Å². The van der Waals surface area contributed by atoms with Gasteiger partial charge in [-0.1, -0.05) is 43.1 Å². The molecule has 0 amide bonds. The largest absolute Gasteiger partial charge is 0.461 e. The molecule has 106 valence electrons. The molecule has 0 fully saturated rings. The molecular formula is C15H22ClNO2. The van der Waals surface area contributed by atoms with Crippen molar-refractivity contribution in [1.82, 2.24) is 0 Å². The minimum atomic E-state index is -0.176. The van der Waals surface area contributed by atoms with Crippen LogP contribution in [-0.4, -0.2) is 12.0 Å². The summed E-state index contributed by atoms with van der Waals surface area (Å²) in [5.74, 6) is -0.272. The summed E-state index contributed by atoms with van der Waals surface area (Å²) in [5, 5.41) is 0.625. The number of esters is 1. The normalized spacial score (nSPS) is 13.9. The molecule has 0 aliphatic heterocycles. The van der Waals surface area contributed by atoms with E-state index in [-0.39, 0.29) is 24.5 Å². The highest BCUT2D eigenvalue weighted by Gasteiger charge is 2.14. The molecule has 3 nitrogen and oxygen atoms in total.